The fraction of sp³-hybridized carbons (Fsp3) is 0.682. The van der Waals surface area contributed by atoms with Gasteiger partial charge in [-0.2, -0.15) is 0 Å². The molecule has 1 heterocycles. The zero-order valence-corrected chi connectivity index (χ0v) is 19.7. The second-order valence-electron chi connectivity index (χ2n) is 7.43. The largest absolute Gasteiger partial charge is 0.459 e. The molecule has 1 aromatic heterocycles. The zero-order valence-electron chi connectivity index (χ0n) is 18.9. The van der Waals surface area contributed by atoms with Crippen LogP contribution in [-0.4, -0.2) is 41.9 Å². The number of amides is 2. The van der Waals surface area contributed by atoms with Crippen molar-refractivity contribution >= 4 is 34.1 Å². The van der Waals surface area contributed by atoms with Gasteiger partial charge in [-0.15, -0.1) is 11.3 Å². The predicted octanol–water partition coefficient (Wildman–Crippen LogP) is 5.26. The molecule has 0 saturated carbocycles. The molecule has 1 atom stereocenters. The quantitative estimate of drug-likeness (QED) is 0.492. The standard InChI is InChI=1S/C22H36N2O4S/c1-8-12-13-16(9-2)19(25)23-20-17(22(27)28-14(5)6)15(7)18(29-20)21(26)24(10-3)11-4/h14,16H,8-13H2,1-7H3,(H,23,25). The van der Waals surface area contributed by atoms with Gasteiger partial charge in [0.15, 0.2) is 0 Å². The van der Waals surface area contributed by atoms with E-state index in [9.17, 15) is 14.4 Å². The number of hydrogen-bond donors (Lipinski definition) is 1. The van der Waals surface area contributed by atoms with E-state index in [2.05, 4.69) is 12.2 Å². The summed E-state index contributed by atoms with van der Waals surface area (Å²) in [4.78, 5) is 40.7. The number of nitrogens with zero attached hydrogens (tertiary/aromatic N) is 1. The van der Waals surface area contributed by atoms with Crippen LogP contribution < -0.4 is 5.32 Å². The van der Waals surface area contributed by atoms with E-state index in [0.717, 1.165) is 37.0 Å². The van der Waals surface area contributed by atoms with Crippen LogP contribution in [0.2, 0.25) is 0 Å². The van der Waals surface area contributed by atoms with Gasteiger partial charge in [-0.25, -0.2) is 4.79 Å². The van der Waals surface area contributed by atoms with Crippen molar-refractivity contribution in [3.63, 3.8) is 0 Å². The number of hydrogen-bond acceptors (Lipinski definition) is 5. The van der Waals surface area contributed by atoms with Gasteiger partial charge < -0.3 is 15.0 Å². The van der Waals surface area contributed by atoms with Gasteiger partial charge in [0.05, 0.1) is 16.5 Å². The molecular weight excluding hydrogens is 388 g/mol. The Bertz CT molecular complexity index is 708. The normalized spacial score (nSPS) is 12.0. The molecule has 0 aliphatic carbocycles. The summed E-state index contributed by atoms with van der Waals surface area (Å²) >= 11 is 1.16. The van der Waals surface area contributed by atoms with E-state index in [1.807, 2.05) is 20.8 Å². The Hall–Kier alpha value is -1.89. The Morgan fingerprint density at radius 2 is 1.72 bits per heavy atom. The third kappa shape index (κ3) is 6.56. The molecule has 0 saturated heterocycles. The molecule has 1 unspecified atom stereocenters. The molecule has 1 rings (SSSR count). The Balaban J connectivity index is 3.32. The second kappa shape index (κ2) is 12.0. The Labute approximate surface area is 179 Å². The van der Waals surface area contributed by atoms with Crippen LogP contribution in [0.3, 0.4) is 0 Å². The van der Waals surface area contributed by atoms with Gasteiger partial charge >= 0.3 is 5.97 Å². The van der Waals surface area contributed by atoms with Crippen LogP contribution >= 0.6 is 11.3 Å². The fourth-order valence-electron chi connectivity index (χ4n) is 3.16. The van der Waals surface area contributed by atoms with Crippen molar-refractivity contribution in [2.24, 2.45) is 5.92 Å². The van der Waals surface area contributed by atoms with Crippen molar-refractivity contribution in [1.82, 2.24) is 4.90 Å². The van der Waals surface area contributed by atoms with Crippen LogP contribution in [0.25, 0.3) is 0 Å². The smallest absolute Gasteiger partial charge is 0.341 e. The highest BCUT2D eigenvalue weighted by Crippen LogP contribution is 2.35. The van der Waals surface area contributed by atoms with E-state index in [1.54, 1.807) is 25.7 Å². The van der Waals surface area contributed by atoms with E-state index in [0.29, 0.717) is 28.5 Å². The van der Waals surface area contributed by atoms with Gasteiger partial charge in [0.25, 0.3) is 5.91 Å². The number of rotatable bonds is 11. The van der Waals surface area contributed by atoms with Crippen LogP contribution in [-0.2, 0) is 9.53 Å². The maximum absolute atomic E-state index is 12.9. The summed E-state index contributed by atoms with van der Waals surface area (Å²) in [5.74, 6) is -0.866. The van der Waals surface area contributed by atoms with Crippen LogP contribution in [0.15, 0.2) is 0 Å². The fourth-order valence-corrected chi connectivity index (χ4v) is 4.33. The van der Waals surface area contributed by atoms with Crippen molar-refractivity contribution in [3.05, 3.63) is 16.0 Å². The Morgan fingerprint density at radius 3 is 2.21 bits per heavy atom. The van der Waals surface area contributed by atoms with E-state index in [1.165, 1.54) is 0 Å². The summed E-state index contributed by atoms with van der Waals surface area (Å²) in [7, 11) is 0. The lowest BCUT2D eigenvalue weighted by Crippen LogP contribution is -2.30. The molecular formula is C22H36N2O4S. The third-order valence-electron chi connectivity index (χ3n) is 4.95. The molecule has 164 valence electrons. The maximum Gasteiger partial charge on any atom is 0.341 e. The monoisotopic (exact) mass is 424 g/mol. The first-order valence-corrected chi connectivity index (χ1v) is 11.5. The molecule has 1 aromatic rings. The maximum atomic E-state index is 12.9. The number of esters is 1. The summed E-state index contributed by atoms with van der Waals surface area (Å²) in [6.45, 7) is 14.4. The lowest BCUT2D eigenvalue weighted by atomic mass is 9.98. The number of carbonyl (C=O) groups is 3. The van der Waals surface area contributed by atoms with Crippen LogP contribution in [0.1, 0.15) is 92.8 Å². The van der Waals surface area contributed by atoms with Crippen molar-refractivity contribution in [2.45, 2.75) is 80.3 Å². The molecule has 7 heteroatoms. The first-order chi connectivity index (χ1) is 13.7. The number of unbranched alkanes of at least 4 members (excludes halogenated alkanes) is 1. The van der Waals surface area contributed by atoms with E-state index in [-0.39, 0.29) is 29.4 Å². The summed E-state index contributed by atoms with van der Waals surface area (Å²) in [6, 6.07) is 0. The number of thiophene rings is 1. The first-order valence-electron chi connectivity index (χ1n) is 10.7. The van der Waals surface area contributed by atoms with E-state index >= 15 is 0 Å². The number of ether oxygens (including phenoxy) is 1. The summed E-state index contributed by atoms with van der Waals surface area (Å²) < 4.78 is 5.39. The summed E-state index contributed by atoms with van der Waals surface area (Å²) in [6.07, 6.45) is 3.24. The van der Waals surface area contributed by atoms with Crippen molar-refractivity contribution in [2.75, 3.05) is 18.4 Å². The van der Waals surface area contributed by atoms with Crippen molar-refractivity contribution in [3.8, 4) is 0 Å². The number of carbonyl (C=O) groups excluding carboxylic acids is 3. The molecule has 6 nitrogen and oxygen atoms in total. The predicted molar refractivity (Wildman–Crippen MR) is 119 cm³/mol. The van der Waals surface area contributed by atoms with Crippen LogP contribution in [0, 0.1) is 12.8 Å². The molecule has 1 N–H and O–H groups in total. The third-order valence-corrected chi connectivity index (χ3v) is 6.14. The molecule has 0 aliphatic heterocycles. The van der Waals surface area contributed by atoms with Gasteiger partial charge in [0.2, 0.25) is 5.91 Å². The molecule has 0 radical (unpaired) electrons. The minimum Gasteiger partial charge on any atom is -0.459 e. The number of anilines is 1. The topological polar surface area (TPSA) is 75.7 Å². The Morgan fingerprint density at radius 1 is 1.10 bits per heavy atom. The number of nitrogens with one attached hydrogen (secondary N) is 1. The summed E-state index contributed by atoms with van der Waals surface area (Å²) in [5, 5.41) is 3.33. The molecule has 0 bridgehead atoms. The average Bonchev–Trinajstić information content (AvgIpc) is 2.98. The lowest BCUT2D eigenvalue weighted by molar-refractivity contribution is -0.120. The van der Waals surface area contributed by atoms with Crippen LogP contribution in [0.5, 0.6) is 0 Å². The molecule has 0 aliphatic rings. The average molecular weight is 425 g/mol. The van der Waals surface area contributed by atoms with E-state index < -0.39 is 5.97 Å². The van der Waals surface area contributed by atoms with E-state index in [4.69, 9.17) is 4.74 Å². The lowest BCUT2D eigenvalue weighted by Gasteiger charge is -2.18. The summed E-state index contributed by atoms with van der Waals surface area (Å²) in [5.41, 5.74) is 0.854. The highest BCUT2D eigenvalue weighted by atomic mass is 32.1. The SMILES string of the molecule is CCCCC(CC)C(=O)Nc1sc(C(=O)N(CC)CC)c(C)c1C(=O)OC(C)C. The van der Waals surface area contributed by atoms with Crippen LogP contribution in [0.4, 0.5) is 5.00 Å². The molecule has 2 amide bonds. The highest BCUT2D eigenvalue weighted by molar-refractivity contribution is 7.18. The highest BCUT2D eigenvalue weighted by Gasteiger charge is 2.29. The molecule has 29 heavy (non-hydrogen) atoms. The zero-order chi connectivity index (χ0) is 22.1. The van der Waals surface area contributed by atoms with Gasteiger partial charge in [0, 0.05) is 19.0 Å². The molecule has 0 aromatic carbocycles. The second-order valence-corrected chi connectivity index (χ2v) is 8.45. The van der Waals surface area contributed by atoms with Gasteiger partial charge in [-0.1, -0.05) is 26.7 Å². The van der Waals surface area contributed by atoms with Gasteiger partial charge in [-0.3, -0.25) is 9.59 Å². The Kier molecular flexibility index (Phi) is 10.4. The minimum absolute atomic E-state index is 0.109. The first kappa shape index (κ1) is 25.1. The minimum atomic E-state index is -0.510. The van der Waals surface area contributed by atoms with Gasteiger partial charge in [0.1, 0.15) is 5.00 Å². The van der Waals surface area contributed by atoms with Crippen molar-refractivity contribution < 1.29 is 19.1 Å². The van der Waals surface area contributed by atoms with Gasteiger partial charge in [-0.05, 0) is 53.0 Å². The molecule has 0 fully saturated rings. The molecule has 0 spiro atoms. The van der Waals surface area contributed by atoms with Crippen molar-refractivity contribution in [1.29, 1.82) is 0 Å².